The fraction of sp³-hybridized carbons (Fsp3) is 0.192. The minimum absolute atomic E-state index is 0.180. The molecule has 0 radical (unpaired) electrons. The van der Waals surface area contributed by atoms with E-state index in [4.69, 9.17) is 33.0 Å². The van der Waals surface area contributed by atoms with Crippen LogP contribution in [0.3, 0.4) is 0 Å². The van der Waals surface area contributed by atoms with Gasteiger partial charge in [0.25, 0.3) is 5.91 Å². The number of benzene rings is 3. The van der Waals surface area contributed by atoms with E-state index in [1.165, 1.54) is 0 Å². The van der Waals surface area contributed by atoms with Crippen molar-refractivity contribution in [3.8, 4) is 5.75 Å². The van der Waals surface area contributed by atoms with E-state index < -0.39 is 5.60 Å². The van der Waals surface area contributed by atoms with Crippen LogP contribution in [0.5, 0.6) is 5.75 Å². The summed E-state index contributed by atoms with van der Waals surface area (Å²) in [4.78, 5) is 17.2. The molecule has 0 aliphatic rings. The largest absolute Gasteiger partial charge is 0.478 e. The zero-order valence-electron chi connectivity index (χ0n) is 19.0. The van der Waals surface area contributed by atoms with E-state index >= 15 is 0 Å². The molecule has 0 fully saturated rings. The molecule has 8 heteroatoms. The van der Waals surface area contributed by atoms with Crippen molar-refractivity contribution in [2.45, 2.75) is 32.8 Å². The summed E-state index contributed by atoms with van der Waals surface area (Å²) in [6, 6.07) is 20.4. The average Bonchev–Trinajstić information content (AvgIpc) is 3.17. The van der Waals surface area contributed by atoms with E-state index in [9.17, 15) is 4.79 Å². The quantitative estimate of drug-likeness (QED) is 0.318. The van der Waals surface area contributed by atoms with Crippen LogP contribution in [0.4, 0.5) is 5.69 Å². The molecule has 0 unspecified atom stereocenters. The highest BCUT2D eigenvalue weighted by Crippen LogP contribution is 2.22. The molecule has 0 saturated heterocycles. The zero-order valence-corrected chi connectivity index (χ0v) is 20.6. The number of aryl methyl sites for hydroxylation is 1. The molecule has 174 valence electrons. The molecule has 1 heterocycles. The monoisotopic (exact) mass is 493 g/mol. The van der Waals surface area contributed by atoms with Gasteiger partial charge in [-0.3, -0.25) is 10.1 Å². The molecule has 6 nitrogen and oxygen atoms in total. The van der Waals surface area contributed by atoms with E-state index in [2.05, 4.69) is 15.6 Å². The zero-order chi connectivity index (χ0) is 24.3. The van der Waals surface area contributed by atoms with Crippen molar-refractivity contribution in [3.05, 3.63) is 88.8 Å². The summed E-state index contributed by atoms with van der Waals surface area (Å²) in [6.07, 6.45) is 0.575. The molecule has 0 aliphatic heterocycles. The van der Waals surface area contributed by atoms with Crippen LogP contribution in [-0.2, 0) is 11.2 Å². The van der Waals surface area contributed by atoms with Gasteiger partial charge in [-0.25, -0.2) is 4.98 Å². The number of nitrogens with one attached hydrogen (secondary N) is 2. The van der Waals surface area contributed by atoms with Gasteiger partial charge in [-0.2, -0.15) is 0 Å². The molecular weight excluding hydrogens is 470 g/mol. The molecule has 0 atom stereocenters. The average molecular weight is 494 g/mol. The summed E-state index contributed by atoms with van der Waals surface area (Å²) < 4.78 is 11.6. The maximum atomic E-state index is 12.7. The number of oxazole rings is 1. The van der Waals surface area contributed by atoms with Crippen LogP contribution in [-0.4, -0.2) is 21.6 Å². The van der Waals surface area contributed by atoms with Crippen molar-refractivity contribution < 1.29 is 13.9 Å². The van der Waals surface area contributed by atoms with Gasteiger partial charge in [-0.15, -0.1) is 0 Å². The number of fused-ring (bicyclic) bond motifs is 1. The normalized spacial score (nSPS) is 11.3. The van der Waals surface area contributed by atoms with E-state index in [0.717, 1.165) is 27.9 Å². The number of thiocarbonyl (C=S) groups is 1. The van der Waals surface area contributed by atoms with E-state index in [1.807, 2.05) is 49.4 Å². The molecule has 0 saturated carbocycles. The van der Waals surface area contributed by atoms with Gasteiger partial charge >= 0.3 is 0 Å². The third kappa shape index (κ3) is 5.92. The molecule has 34 heavy (non-hydrogen) atoms. The first-order valence-electron chi connectivity index (χ1n) is 10.7. The number of hydrogen-bond acceptors (Lipinski definition) is 5. The summed E-state index contributed by atoms with van der Waals surface area (Å²) >= 11 is 11.2. The van der Waals surface area contributed by atoms with Crippen LogP contribution in [0.2, 0.25) is 5.02 Å². The standard InChI is InChI=1S/C26H24ClN3O3S/c1-16-4-13-22-21(14-16)29-23(32-22)15-17-5-9-19(10-6-17)28-25(34)30-24(31)26(2,3)33-20-11-7-18(27)8-12-20/h4-14H,15H2,1-3H3,(H2,28,30,31,34). The minimum Gasteiger partial charge on any atom is -0.478 e. The number of halogens is 1. The first-order chi connectivity index (χ1) is 16.2. The number of carbonyl (C=O) groups is 1. The molecule has 4 aromatic rings. The van der Waals surface area contributed by atoms with Crippen molar-refractivity contribution in [1.82, 2.24) is 10.3 Å². The van der Waals surface area contributed by atoms with Crippen molar-refractivity contribution in [1.29, 1.82) is 0 Å². The molecule has 1 aromatic heterocycles. The van der Waals surface area contributed by atoms with Crippen LogP contribution >= 0.6 is 23.8 Å². The number of aromatic nitrogens is 1. The summed E-state index contributed by atoms with van der Waals surface area (Å²) in [6.45, 7) is 5.36. The van der Waals surface area contributed by atoms with Gasteiger partial charge in [0.1, 0.15) is 11.3 Å². The highest BCUT2D eigenvalue weighted by Gasteiger charge is 2.30. The lowest BCUT2D eigenvalue weighted by Gasteiger charge is -2.25. The Morgan fingerprint density at radius 3 is 2.50 bits per heavy atom. The number of carbonyl (C=O) groups excluding carboxylic acids is 1. The number of nitrogens with zero attached hydrogens (tertiary/aromatic N) is 1. The molecule has 3 aromatic carbocycles. The second-order valence-electron chi connectivity index (χ2n) is 8.43. The van der Waals surface area contributed by atoms with Crippen LogP contribution < -0.4 is 15.4 Å². The predicted molar refractivity (Wildman–Crippen MR) is 139 cm³/mol. The molecular formula is C26H24ClN3O3S. The third-order valence-electron chi connectivity index (χ3n) is 5.12. The molecule has 0 spiro atoms. The third-order valence-corrected chi connectivity index (χ3v) is 5.57. The highest BCUT2D eigenvalue weighted by atomic mass is 35.5. The van der Waals surface area contributed by atoms with Gasteiger partial charge < -0.3 is 14.5 Å². The molecule has 4 rings (SSSR count). The van der Waals surface area contributed by atoms with Gasteiger partial charge in [0.15, 0.2) is 22.2 Å². The fourth-order valence-corrected chi connectivity index (χ4v) is 3.64. The summed E-state index contributed by atoms with van der Waals surface area (Å²) in [5, 5.41) is 6.47. The van der Waals surface area contributed by atoms with Crippen molar-refractivity contribution in [3.63, 3.8) is 0 Å². The van der Waals surface area contributed by atoms with Gasteiger partial charge in [0.05, 0.1) is 0 Å². The summed E-state index contributed by atoms with van der Waals surface area (Å²) in [5.41, 5.74) is 3.44. The van der Waals surface area contributed by atoms with Crippen LogP contribution in [0, 0.1) is 6.92 Å². The summed E-state index contributed by atoms with van der Waals surface area (Å²) in [5.74, 6) is 0.822. The van der Waals surface area contributed by atoms with E-state index in [-0.39, 0.29) is 11.0 Å². The molecule has 0 aliphatic carbocycles. The number of amides is 1. The van der Waals surface area contributed by atoms with Crippen LogP contribution in [0.15, 0.2) is 71.1 Å². The lowest BCUT2D eigenvalue weighted by molar-refractivity contribution is -0.132. The van der Waals surface area contributed by atoms with Gasteiger partial charge in [-0.1, -0.05) is 29.8 Å². The molecule has 0 bridgehead atoms. The minimum atomic E-state index is -1.14. The Morgan fingerprint density at radius 1 is 1.09 bits per heavy atom. The number of ether oxygens (including phenoxy) is 1. The lowest BCUT2D eigenvalue weighted by atomic mass is 10.1. The molecule has 1 amide bonds. The van der Waals surface area contributed by atoms with Crippen molar-refractivity contribution >= 4 is 51.6 Å². The Labute approximate surface area is 208 Å². The first kappa shape index (κ1) is 23.7. The van der Waals surface area contributed by atoms with Crippen molar-refractivity contribution in [2.24, 2.45) is 0 Å². The smallest absolute Gasteiger partial charge is 0.269 e. The SMILES string of the molecule is Cc1ccc2oc(Cc3ccc(NC(=S)NC(=O)C(C)(C)Oc4ccc(Cl)cc4)cc3)nc2c1. The summed E-state index contributed by atoms with van der Waals surface area (Å²) in [7, 11) is 0. The topological polar surface area (TPSA) is 76.4 Å². The molecule has 2 N–H and O–H groups in total. The Hall–Kier alpha value is -3.42. The second kappa shape index (κ2) is 9.83. The predicted octanol–water partition coefficient (Wildman–Crippen LogP) is 6.05. The first-order valence-corrected chi connectivity index (χ1v) is 11.5. The Bertz CT molecular complexity index is 1330. The Balaban J connectivity index is 1.32. The Kier molecular flexibility index (Phi) is 6.86. The van der Waals surface area contributed by atoms with Crippen molar-refractivity contribution in [2.75, 3.05) is 5.32 Å². The van der Waals surface area contributed by atoms with E-state index in [1.54, 1.807) is 38.1 Å². The number of hydrogen-bond donors (Lipinski definition) is 2. The van der Waals surface area contributed by atoms with Crippen LogP contribution in [0.25, 0.3) is 11.1 Å². The fourth-order valence-electron chi connectivity index (χ4n) is 3.30. The van der Waals surface area contributed by atoms with Gasteiger partial charge in [0.2, 0.25) is 0 Å². The van der Waals surface area contributed by atoms with Crippen LogP contribution in [0.1, 0.15) is 30.9 Å². The highest BCUT2D eigenvalue weighted by molar-refractivity contribution is 7.80. The maximum Gasteiger partial charge on any atom is 0.269 e. The number of rotatable bonds is 6. The number of anilines is 1. The van der Waals surface area contributed by atoms with E-state index in [0.29, 0.717) is 23.1 Å². The maximum absolute atomic E-state index is 12.7. The van der Waals surface area contributed by atoms with Gasteiger partial charge in [-0.05, 0) is 92.6 Å². The van der Waals surface area contributed by atoms with Gasteiger partial charge in [0, 0.05) is 17.1 Å². The Morgan fingerprint density at radius 2 is 1.79 bits per heavy atom. The lowest BCUT2D eigenvalue weighted by Crippen LogP contribution is -2.49. The second-order valence-corrected chi connectivity index (χ2v) is 9.27.